The van der Waals surface area contributed by atoms with Gasteiger partial charge < -0.3 is 5.32 Å². The van der Waals surface area contributed by atoms with E-state index in [4.69, 9.17) is 0 Å². The molecule has 0 spiro atoms. The predicted molar refractivity (Wildman–Crippen MR) is 109 cm³/mol. The molecule has 1 amide bonds. The molecule has 0 atom stereocenters. The SMILES string of the molecule is CCc1nnc2ccc(-c3cccc(NC(=O)c4ccc(C)c(C)c4)c3)nn12. The van der Waals surface area contributed by atoms with Gasteiger partial charge in [-0.2, -0.15) is 9.61 Å². The largest absolute Gasteiger partial charge is 0.322 e. The van der Waals surface area contributed by atoms with Gasteiger partial charge in [-0.3, -0.25) is 4.79 Å². The minimum Gasteiger partial charge on any atom is -0.322 e. The lowest BCUT2D eigenvalue weighted by atomic mass is 10.1. The predicted octanol–water partition coefficient (Wildman–Crippen LogP) is 4.22. The number of rotatable bonds is 4. The van der Waals surface area contributed by atoms with Crippen LogP contribution in [0.15, 0.2) is 54.6 Å². The van der Waals surface area contributed by atoms with E-state index < -0.39 is 0 Å². The molecule has 6 nitrogen and oxygen atoms in total. The van der Waals surface area contributed by atoms with Crippen LogP contribution >= 0.6 is 0 Å². The summed E-state index contributed by atoms with van der Waals surface area (Å²) < 4.78 is 1.76. The number of aromatic nitrogens is 4. The van der Waals surface area contributed by atoms with Gasteiger partial charge in [0.05, 0.1) is 5.69 Å². The van der Waals surface area contributed by atoms with Gasteiger partial charge in [0.2, 0.25) is 0 Å². The summed E-state index contributed by atoms with van der Waals surface area (Å²) in [6.07, 6.45) is 0.754. The van der Waals surface area contributed by atoms with Gasteiger partial charge in [0.25, 0.3) is 5.91 Å². The third-order valence-corrected chi connectivity index (χ3v) is 4.83. The van der Waals surface area contributed by atoms with Crippen LogP contribution in [-0.4, -0.2) is 25.7 Å². The molecule has 6 heteroatoms. The van der Waals surface area contributed by atoms with Crippen molar-refractivity contribution in [3.05, 3.63) is 77.1 Å². The molecular weight excluding hydrogens is 350 g/mol. The van der Waals surface area contributed by atoms with Gasteiger partial charge in [-0.25, -0.2) is 0 Å². The third kappa shape index (κ3) is 3.36. The Bertz CT molecular complexity index is 1180. The van der Waals surface area contributed by atoms with E-state index in [9.17, 15) is 4.79 Å². The van der Waals surface area contributed by atoms with Crippen molar-refractivity contribution in [2.45, 2.75) is 27.2 Å². The Balaban J connectivity index is 1.62. The van der Waals surface area contributed by atoms with Crippen LogP contribution in [0.25, 0.3) is 16.9 Å². The zero-order valence-electron chi connectivity index (χ0n) is 16.1. The van der Waals surface area contributed by atoms with E-state index in [2.05, 4.69) is 20.6 Å². The van der Waals surface area contributed by atoms with Crippen LogP contribution in [0, 0.1) is 13.8 Å². The monoisotopic (exact) mass is 371 g/mol. The molecular formula is C22H21N5O. The van der Waals surface area contributed by atoms with Gasteiger partial charge in [0.15, 0.2) is 11.5 Å². The van der Waals surface area contributed by atoms with Gasteiger partial charge in [-0.05, 0) is 61.4 Å². The van der Waals surface area contributed by atoms with Crippen LogP contribution in [0.5, 0.6) is 0 Å². The molecule has 0 fully saturated rings. The second kappa shape index (κ2) is 7.23. The van der Waals surface area contributed by atoms with Crippen molar-refractivity contribution in [3.63, 3.8) is 0 Å². The number of nitrogens with zero attached hydrogens (tertiary/aromatic N) is 4. The molecule has 1 N–H and O–H groups in total. The molecule has 28 heavy (non-hydrogen) atoms. The maximum Gasteiger partial charge on any atom is 0.255 e. The van der Waals surface area contributed by atoms with Crippen molar-refractivity contribution in [3.8, 4) is 11.3 Å². The molecule has 140 valence electrons. The molecule has 0 saturated carbocycles. The molecule has 2 heterocycles. The molecule has 2 aromatic heterocycles. The Morgan fingerprint density at radius 1 is 1.00 bits per heavy atom. The first-order chi connectivity index (χ1) is 13.5. The Kier molecular flexibility index (Phi) is 4.61. The van der Waals surface area contributed by atoms with Gasteiger partial charge in [-0.1, -0.05) is 25.1 Å². The number of carbonyl (C=O) groups is 1. The van der Waals surface area contributed by atoms with Gasteiger partial charge in [0, 0.05) is 23.2 Å². The van der Waals surface area contributed by atoms with Crippen molar-refractivity contribution in [1.82, 2.24) is 19.8 Å². The Labute approximate surface area is 163 Å². The number of hydrogen-bond acceptors (Lipinski definition) is 4. The maximum absolute atomic E-state index is 12.6. The van der Waals surface area contributed by atoms with Crippen molar-refractivity contribution in [1.29, 1.82) is 0 Å². The number of carbonyl (C=O) groups excluding carboxylic acids is 1. The normalized spacial score (nSPS) is 11.0. The summed E-state index contributed by atoms with van der Waals surface area (Å²) in [6.45, 7) is 6.06. The van der Waals surface area contributed by atoms with Crippen LogP contribution in [-0.2, 0) is 6.42 Å². The number of hydrogen-bond donors (Lipinski definition) is 1. The van der Waals surface area contributed by atoms with E-state index in [0.29, 0.717) is 5.56 Å². The molecule has 0 saturated heterocycles. The smallest absolute Gasteiger partial charge is 0.255 e. The summed E-state index contributed by atoms with van der Waals surface area (Å²) in [5.41, 5.74) is 6.06. The third-order valence-electron chi connectivity index (χ3n) is 4.83. The maximum atomic E-state index is 12.6. The van der Waals surface area contributed by atoms with Gasteiger partial charge in [0.1, 0.15) is 0 Å². The first kappa shape index (κ1) is 17.9. The average molecular weight is 371 g/mol. The summed E-state index contributed by atoms with van der Waals surface area (Å²) in [5.74, 6) is 0.687. The second-order valence-corrected chi connectivity index (χ2v) is 6.79. The molecule has 4 aromatic rings. The molecule has 0 bridgehead atoms. The van der Waals surface area contributed by atoms with Crippen molar-refractivity contribution >= 4 is 17.2 Å². The second-order valence-electron chi connectivity index (χ2n) is 6.79. The lowest BCUT2D eigenvalue weighted by molar-refractivity contribution is 0.102. The van der Waals surface area contributed by atoms with E-state index in [1.807, 2.05) is 75.4 Å². The number of benzene rings is 2. The van der Waals surface area contributed by atoms with Gasteiger partial charge >= 0.3 is 0 Å². The number of aryl methyl sites for hydroxylation is 3. The summed E-state index contributed by atoms with van der Waals surface area (Å²) in [7, 11) is 0. The molecule has 0 radical (unpaired) electrons. The van der Waals surface area contributed by atoms with Gasteiger partial charge in [-0.15, -0.1) is 10.2 Å². The highest BCUT2D eigenvalue weighted by molar-refractivity contribution is 6.04. The van der Waals surface area contributed by atoms with E-state index >= 15 is 0 Å². The number of fused-ring (bicyclic) bond motifs is 1. The fraction of sp³-hybridized carbons (Fsp3) is 0.182. The lowest BCUT2D eigenvalue weighted by Crippen LogP contribution is -2.12. The fourth-order valence-corrected chi connectivity index (χ4v) is 3.05. The minimum atomic E-state index is -0.129. The van der Waals surface area contributed by atoms with E-state index in [1.54, 1.807) is 4.52 Å². The highest BCUT2D eigenvalue weighted by Gasteiger charge is 2.10. The zero-order chi connectivity index (χ0) is 19.7. The standard InChI is InChI=1S/C22H21N5O/c1-4-20-24-25-21-11-10-19(26-27(20)21)16-6-5-7-18(13-16)23-22(28)17-9-8-14(2)15(3)12-17/h5-13H,4H2,1-3H3,(H,23,28). The zero-order valence-corrected chi connectivity index (χ0v) is 16.1. The first-order valence-corrected chi connectivity index (χ1v) is 9.25. The van der Waals surface area contributed by atoms with Crippen LogP contribution < -0.4 is 5.32 Å². The van der Waals surface area contributed by atoms with Crippen molar-refractivity contribution < 1.29 is 4.79 Å². The Hall–Kier alpha value is -3.54. The van der Waals surface area contributed by atoms with Crippen LogP contribution in [0.1, 0.15) is 34.2 Å². The molecule has 0 unspecified atom stereocenters. The van der Waals surface area contributed by atoms with E-state index in [0.717, 1.165) is 40.4 Å². The first-order valence-electron chi connectivity index (χ1n) is 9.25. The topological polar surface area (TPSA) is 72.2 Å². The minimum absolute atomic E-state index is 0.129. The van der Waals surface area contributed by atoms with E-state index in [1.165, 1.54) is 5.56 Å². The van der Waals surface area contributed by atoms with Crippen LogP contribution in [0.4, 0.5) is 5.69 Å². The van der Waals surface area contributed by atoms with Crippen LogP contribution in [0.2, 0.25) is 0 Å². The molecule has 0 aliphatic heterocycles. The Morgan fingerprint density at radius 3 is 2.64 bits per heavy atom. The van der Waals surface area contributed by atoms with Crippen molar-refractivity contribution in [2.75, 3.05) is 5.32 Å². The molecule has 4 rings (SSSR count). The quantitative estimate of drug-likeness (QED) is 0.583. The summed E-state index contributed by atoms with van der Waals surface area (Å²) >= 11 is 0. The number of amides is 1. The molecule has 2 aromatic carbocycles. The summed E-state index contributed by atoms with van der Waals surface area (Å²) in [4.78, 5) is 12.6. The highest BCUT2D eigenvalue weighted by Crippen LogP contribution is 2.22. The van der Waals surface area contributed by atoms with E-state index in [-0.39, 0.29) is 5.91 Å². The number of anilines is 1. The Morgan fingerprint density at radius 2 is 1.86 bits per heavy atom. The number of nitrogens with one attached hydrogen (secondary N) is 1. The summed E-state index contributed by atoms with van der Waals surface area (Å²) in [6, 6.07) is 17.2. The molecule has 0 aliphatic rings. The highest BCUT2D eigenvalue weighted by atomic mass is 16.1. The van der Waals surface area contributed by atoms with Crippen LogP contribution in [0.3, 0.4) is 0 Å². The molecule has 0 aliphatic carbocycles. The summed E-state index contributed by atoms with van der Waals surface area (Å²) in [5, 5.41) is 15.9. The average Bonchev–Trinajstić information content (AvgIpc) is 3.12. The fourth-order valence-electron chi connectivity index (χ4n) is 3.05. The van der Waals surface area contributed by atoms with Crippen molar-refractivity contribution in [2.24, 2.45) is 0 Å². The lowest BCUT2D eigenvalue weighted by Gasteiger charge is -2.09.